The number of hydrogen-bond acceptors (Lipinski definition) is 4. The third kappa shape index (κ3) is 4.05. The van der Waals surface area contributed by atoms with Crippen LogP contribution in [0.2, 0.25) is 0 Å². The van der Waals surface area contributed by atoms with Crippen molar-refractivity contribution in [3.63, 3.8) is 0 Å². The number of thioether (sulfide) groups is 1. The molecule has 28 heavy (non-hydrogen) atoms. The van der Waals surface area contributed by atoms with E-state index < -0.39 is 10.0 Å². The number of fused-ring (bicyclic) bond motifs is 1. The van der Waals surface area contributed by atoms with Gasteiger partial charge in [0.2, 0.25) is 5.91 Å². The maximum Gasteiger partial charge on any atom is 0.261 e. The van der Waals surface area contributed by atoms with E-state index in [1.807, 2.05) is 32.0 Å². The molecule has 1 heterocycles. The molecular formula is C21H26N2O3S2. The molecule has 7 heteroatoms. The number of amides is 1. The molecular weight excluding hydrogens is 392 g/mol. The molecule has 0 bridgehead atoms. The predicted molar refractivity (Wildman–Crippen MR) is 116 cm³/mol. The molecule has 0 saturated carbocycles. The first kappa shape index (κ1) is 20.7. The third-order valence-electron chi connectivity index (χ3n) is 4.91. The van der Waals surface area contributed by atoms with Gasteiger partial charge in [-0.25, -0.2) is 8.42 Å². The Balaban J connectivity index is 2.03. The molecule has 150 valence electrons. The summed E-state index contributed by atoms with van der Waals surface area (Å²) >= 11 is 1.66. The van der Waals surface area contributed by atoms with Gasteiger partial charge in [-0.2, -0.15) is 0 Å². The fourth-order valence-electron chi connectivity index (χ4n) is 3.45. The SMILES string of the molecule is CCc1cccc(CC)c1NS(=O)(=O)c1ccc2c(c1)N(C(C)=O)C[C@H](C)S2. The van der Waals surface area contributed by atoms with Gasteiger partial charge in [0.25, 0.3) is 10.0 Å². The highest BCUT2D eigenvalue weighted by Gasteiger charge is 2.27. The van der Waals surface area contributed by atoms with Crippen molar-refractivity contribution in [1.29, 1.82) is 0 Å². The van der Waals surface area contributed by atoms with Gasteiger partial charge in [-0.15, -0.1) is 11.8 Å². The summed E-state index contributed by atoms with van der Waals surface area (Å²) in [5.74, 6) is -0.0829. The van der Waals surface area contributed by atoms with Gasteiger partial charge in [-0.3, -0.25) is 9.52 Å². The Kier molecular flexibility index (Phi) is 6.05. The van der Waals surface area contributed by atoms with E-state index in [0.717, 1.165) is 28.9 Å². The number of rotatable bonds is 5. The molecule has 0 spiro atoms. The summed E-state index contributed by atoms with van der Waals surface area (Å²) < 4.78 is 29.1. The van der Waals surface area contributed by atoms with Gasteiger partial charge < -0.3 is 4.90 Å². The second-order valence-corrected chi connectivity index (χ2v) is 10.1. The molecule has 1 N–H and O–H groups in total. The van der Waals surface area contributed by atoms with Crippen molar-refractivity contribution in [1.82, 2.24) is 0 Å². The normalized spacial score (nSPS) is 16.6. The van der Waals surface area contributed by atoms with Crippen LogP contribution >= 0.6 is 11.8 Å². The van der Waals surface area contributed by atoms with Crippen molar-refractivity contribution in [3.05, 3.63) is 47.5 Å². The van der Waals surface area contributed by atoms with Gasteiger partial charge in [-0.1, -0.05) is 39.0 Å². The fraction of sp³-hybridized carbons (Fsp3) is 0.381. The highest BCUT2D eigenvalue weighted by Crippen LogP contribution is 2.40. The lowest BCUT2D eigenvalue weighted by molar-refractivity contribution is -0.116. The second-order valence-electron chi connectivity index (χ2n) is 6.95. The summed E-state index contributed by atoms with van der Waals surface area (Å²) in [5.41, 5.74) is 3.26. The van der Waals surface area contributed by atoms with Crippen LogP contribution in [0.25, 0.3) is 0 Å². The quantitative estimate of drug-likeness (QED) is 0.779. The minimum Gasteiger partial charge on any atom is -0.310 e. The molecule has 0 radical (unpaired) electrons. The van der Waals surface area contributed by atoms with E-state index in [4.69, 9.17) is 0 Å². The first-order chi connectivity index (χ1) is 13.3. The highest BCUT2D eigenvalue weighted by molar-refractivity contribution is 8.00. The van der Waals surface area contributed by atoms with Crippen LogP contribution < -0.4 is 9.62 Å². The van der Waals surface area contributed by atoms with Gasteiger partial charge in [-0.05, 0) is 42.2 Å². The minimum atomic E-state index is -3.77. The van der Waals surface area contributed by atoms with Gasteiger partial charge in [0.05, 0.1) is 16.3 Å². The molecule has 2 aromatic carbocycles. The van der Waals surface area contributed by atoms with Crippen molar-refractivity contribution < 1.29 is 13.2 Å². The Bertz CT molecular complexity index is 980. The summed E-state index contributed by atoms with van der Waals surface area (Å²) in [5, 5.41) is 0.264. The van der Waals surface area contributed by atoms with Crippen molar-refractivity contribution in [2.24, 2.45) is 0 Å². The third-order valence-corrected chi connectivity index (χ3v) is 7.41. The largest absolute Gasteiger partial charge is 0.310 e. The monoisotopic (exact) mass is 418 g/mol. The minimum absolute atomic E-state index is 0.0829. The topological polar surface area (TPSA) is 66.5 Å². The molecule has 1 aliphatic heterocycles. The van der Waals surface area contributed by atoms with Crippen LogP contribution in [-0.4, -0.2) is 26.1 Å². The van der Waals surface area contributed by atoms with Crippen LogP contribution in [0.4, 0.5) is 11.4 Å². The standard InChI is InChI=1S/C21H26N2O3S2/c1-5-16-8-7-9-17(6-2)21(16)22-28(25,26)18-10-11-20-19(12-18)23(15(4)24)13-14(3)27-20/h7-12,14,22H,5-6,13H2,1-4H3/t14-/m0/s1. The molecule has 0 aliphatic carbocycles. The first-order valence-corrected chi connectivity index (χ1v) is 11.9. The fourth-order valence-corrected chi connectivity index (χ4v) is 5.71. The molecule has 0 aromatic heterocycles. The molecule has 0 fully saturated rings. The molecule has 2 aromatic rings. The van der Waals surface area contributed by atoms with Gasteiger partial charge in [0.1, 0.15) is 0 Å². The lowest BCUT2D eigenvalue weighted by atomic mass is 10.0. The zero-order valence-electron chi connectivity index (χ0n) is 16.7. The number of nitrogens with zero attached hydrogens (tertiary/aromatic N) is 1. The van der Waals surface area contributed by atoms with Gasteiger partial charge in [0, 0.05) is 23.6 Å². The van der Waals surface area contributed by atoms with E-state index >= 15 is 0 Å². The lowest BCUT2D eigenvalue weighted by Crippen LogP contribution is -2.37. The number of hydrogen-bond donors (Lipinski definition) is 1. The molecule has 0 unspecified atom stereocenters. The van der Waals surface area contributed by atoms with Crippen LogP contribution in [-0.2, 0) is 27.7 Å². The van der Waals surface area contributed by atoms with E-state index in [0.29, 0.717) is 17.9 Å². The van der Waals surface area contributed by atoms with E-state index in [1.165, 1.54) is 6.92 Å². The van der Waals surface area contributed by atoms with Crippen LogP contribution in [0.1, 0.15) is 38.8 Å². The maximum absolute atomic E-state index is 13.1. The number of carbonyl (C=O) groups is 1. The number of aryl methyl sites for hydroxylation is 2. The van der Waals surface area contributed by atoms with Crippen LogP contribution in [0.3, 0.4) is 0 Å². The van der Waals surface area contributed by atoms with Crippen molar-refractivity contribution in [2.45, 2.75) is 55.6 Å². The van der Waals surface area contributed by atoms with E-state index in [2.05, 4.69) is 11.6 Å². The Labute approximate surface area is 171 Å². The average Bonchev–Trinajstić information content (AvgIpc) is 2.66. The zero-order chi connectivity index (χ0) is 20.5. The number of benzene rings is 2. The van der Waals surface area contributed by atoms with Crippen LogP contribution in [0.5, 0.6) is 0 Å². The Morgan fingerprint density at radius 1 is 1.18 bits per heavy atom. The molecule has 1 amide bonds. The number of para-hydroxylation sites is 1. The molecule has 1 atom stereocenters. The van der Waals surface area contributed by atoms with E-state index in [1.54, 1.807) is 34.9 Å². The van der Waals surface area contributed by atoms with Crippen LogP contribution in [0, 0.1) is 0 Å². The predicted octanol–water partition coefficient (Wildman–Crippen LogP) is 4.46. The zero-order valence-corrected chi connectivity index (χ0v) is 18.3. The summed E-state index contributed by atoms with van der Waals surface area (Å²) in [6, 6.07) is 10.9. The lowest BCUT2D eigenvalue weighted by Gasteiger charge is -2.32. The summed E-state index contributed by atoms with van der Waals surface area (Å²) in [6.45, 7) is 8.16. The van der Waals surface area contributed by atoms with Gasteiger partial charge >= 0.3 is 0 Å². The maximum atomic E-state index is 13.1. The molecule has 5 nitrogen and oxygen atoms in total. The number of carbonyl (C=O) groups excluding carboxylic acids is 1. The summed E-state index contributed by atoms with van der Waals surface area (Å²) in [4.78, 5) is 14.8. The Hall–Kier alpha value is -1.99. The van der Waals surface area contributed by atoms with E-state index in [-0.39, 0.29) is 16.1 Å². The van der Waals surface area contributed by atoms with E-state index in [9.17, 15) is 13.2 Å². The Morgan fingerprint density at radius 3 is 2.39 bits per heavy atom. The molecule has 1 aliphatic rings. The highest BCUT2D eigenvalue weighted by atomic mass is 32.2. The smallest absolute Gasteiger partial charge is 0.261 e. The van der Waals surface area contributed by atoms with Crippen molar-refractivity contribution >= 4 is 39.1 Å². The summed E-state index contributed by atoms with van der Waals surface area (Å²) in [7, 11) is -3.77. The van der Waals surface area contributed by atoms with Crippen molar-refractivity contribution in [3.8, 4) is 0 Å². The van der Waals surface area contributed by atoms with Gasteiger partial charge in [0.15, 0.2) is 0 Å². The number of sulfonamides is 1. The Morgan fingerprint density at radius 2 is 1.82 bits per heavy atom. The summed E-state index contributed by atoms with van der Waals surface area (Å²) in [6.07, 6.45) is 1.48. The second kappa shape index (κ2) is 8.17. The molecule has 3 rings (SSSR count). The first-order valence-electron chi connectivity index (χ1n) is 9.49. The van der Waals surface area contributed by atoms with Crippen LogP contribution in [0.15, 0.2) is 46.2 Å². The van der Waals surface area contributed by atoms with Crippen molar-refractivity contribution in [2.75, 3.05) is 16.2 Å². The number of nitrogens with one attached hydrogen (secondary N) is 1. The number of anilines is 2. The average molecular weight is 419 g/mol. The molecule has 0 saturated heterocycles.